The molecule has 3 N–H and O–H groups in total. The summed E-state index contributed by atoms with van der Waals surface area (Å²) in [7, 11) is -3.51. The van der Waals surface area contributed by atoms with E-state index in [0.717, 1.165) is 29.0 Å². The fourth-order valence-electron chi connectivity index (χ4n) is 3.50. The molecule has 1 heterocycles. The number of carbonyl (C=O) groups excluding carboxylic acids is 1. The SMILES string of the molecule is O=C(NNc1ccc(S(=O)(=O)NC2CC2)cc1)c1cc2ccccc2c2cccnc12. The van der Waals surface area contributed by atoms with Crippen LogP contribution in [0.3, 0.4) is 0 Å². The quantitative estimate of drug-likeness (QED) is 0.319. The number of carbonyl (C=O) groups is 1. The van der Waals surface area contributed by atoms with Crippen LogP contribution in [-0.4, -0.2) is 25.4 Å². The van der Waals surface area contributed by atoms with Crippen LogP contribution in [0.5, 0.6) is 0 Å². The Balaban J connectivity index is 1.36. The number of hydrazine groups is 1. The molecule has 8 heteroatoms. The highest BCUT2D eigenvalue weighted by Crippen LogP contribution is 2.27. The number of hydrogen-bond donors (Lipinski definition) is 3. The lowest BCUT2D eigenvalue weighted by molar-refractivity contribution is 0.0964. The third-order valence-electron chi connectivity index (χ3n) is 5.24. The van der Waals surface area contributed by atoms with Gasteiger partial charge in [0.2, 0.25) is 10.0 Å². The van der Waals surface area contributed by atoms with Crippen LogP contribution in [0.2, 0.25) is 0 Å². The Kier molecular flexibility index (Phi) is 4.80. The van der Waals surface area contributed by atoms with Gasteiger partial charge in [0.1, 0.15) is 0 Å². The van der Waals surface area contributed by atoms with E-state index in [-0.39, 0.29) is 16.8 Å². The zero-order valence-corrected chi connectivity index (χ0v) is 17.3. The number of pyridine rings is 1. The second kappa shape index (κ2) is 7.64. The molecule has 3 aromatic carbocycles. The van der Waals surface area contributed by atoms with Crippen molar-refractivity contribution in [1.29, 1.82) is 0 Å². The van der Waals surface area contributed by atoms with Crippen molar-refractivity contribution in [3.05, 3.63) is 78.5 Å². The first-order valence-electron chi connectivity index (χ1n) is 9.96. The van der Waals surface area contributed by atoms with Crippen LogP contribution < -0.4 is 15.6 Å². The molecule has 0 atom stereocenters. The van der Waals surface area contributed by atoms with Gasteiger partial charge >= 0.3 is 0 Å². The van der Waals surface area contributed by atoms with E-state index < -0.39 is 10.0 Å². The van der Waals surface area contributed by atoms with E-state index in [2.05, 4.69) is 20.6 Å². The first kappa shape index (κ1) is 19.5. The van der Waals surface area contributed by atoms with Crippen molar-refractivity contribution < 1.29 is 13.2 Å². The standard InChI is InChI=1S/C23H20N4O3S/c28-23(21-14-15-4-1-2-5-19(15)20-6-3-13-24-22(20)21)26-25-16-9-11-18(12-10-16)31(29,30)27-17-7-8-17/h1-6,9-14,17,25,27H,7-8H2,(H,26,28). The van der Waals surface area contributed by atoms with Crippen molar-refractivity contribution in [3.63, 3.8) is 0 Å². The molecule has 0 radical (unpaired) electrons. The van der Waals surface area contributed by atoms with Crippen molar-refractivity contribution in [3.8, 4) is 0 Å². The minimum absolute atomic E-state index is 0.0486. The maximum absolute atomic E-state index is 12.9. The van der Waals surface area contributed by atoms with E-state index in [0.29, 0.717) is 16.8 Å². The highest BCUT2D eigenvalue weighted by molar-refractivity contribution is 7.89. The Hall–Kier alpha value is -3.49. The molecular weight excluding hydrogens is 412 g/mol. The van der Waals surface area contributed by atoms with Crippen LogP contribution in [0.1, 0.15) is 23.2 Å². The third kappa shape index (κ3) is 3.95. The predicted molar refractivity (Wildman–Crippen MR) is 120 cm³/mol. The van der Waals surface area contributed by atoms with Crippen LogP contribution in [0.15, 0.2) is 77.8 Å². The van der Waals surface area contributed by atoms with E-state index in [1.165, 1.54) is 12.1 Å². The average molecular weight is 433 g/mol. The number of hydrogen-bond acceptors (Lipinski definition) is 5. The summed E-state index contributed by atoms with van der Waals surface area (Å²) in [6.07, 6.45) is 3.42. The summed E-state index contributed by atoms with van der Waals surface area (Å²) in [6.45, 7) is 0. The molecule has 1 aliphatic carbocycles. The highest BCUT2D eigenvalue weighted by atomic mass is 32.2. The largest absolute Gasteiger partial charge is 0.298 e. The zero-order chi connectivity index (χ0) is 21.4. The lowest BCUT2D eigenvalue weighted by Gasteiger charge is -2.12. The first-order valence-corrected chi connectivity index (χ1v) is 11.4. The lowest BCUT2D eigenvalue weighted by atomic mass is 10.0. The summed E-state index contributed by atoms with van der Waals surface area (Å²) in [5.74, 6) is -0.332. The Bertz CT molecular complexity index is 1400. The molecule has 7 nitrogen and oxygen atoms in total. The van der Waals surface area contributed by atoms with E-state index in [4.69, 9.17) is 0 Å². The molecule has 1 aliphatic rings. The molecule has 1 aromatic heterocycles. The number of sulfonamides is 1. The minimum atomic E-state index is -3.51. The van der Waals surface area contributed by atoms with Gasteiger partial charge in [0.05, 0.1) is 21.7 Å². The summed E-state index contributed by atoms with van der Waals surface area (Å²) < 4.78 is 27.2. The van der Waals surface area contributed by atoms with Gasteiger partial charge in [-0.3, -0.25) is 20.6 Å². The van der Waals surface area contributed by atoms with Crippen molar-refractivity contribution in [2.75, 3.05) is 5.43 Å². The minimum Gasteiger partial charge on any atom is -0.298 e. The topological polar surface area (TPSA) is 100 Å². The summed E-state index contributed by atoms with van der Waals surface area (Å²) in [5.41, 5.74) is 7.16. The molecule has 0 spiro atoms. The number of nitrogens with one attached hydrogen (secondary N) is 3. The van der Waals surface area contributed by atoms with E-state index >= 15 is 0 Å². The number of nitrogens with zero attached hydrogens (tertiary/aromatic N) is 1. The maximum Gasteiger partial charge on any atom is 0.271 e. The Morgan fingerprint density at radius 1 is 0.935 bits per heavy atom. The molecule has 5 rings (SSSR count). The molecule has 0 unspecified atom stereocenters. The normalized spacial score (nSPS) is 13.9. The fraction of sp³-hybridized carbons (Fsp3) is 0.130. The van der Waals surface area contributed by atoms with Gasteiger partial charge in [0, 0.05) is 17.6 Å². The molecule has 4 aromatic rings. The Morgan fingerprint density at radius 2 is 1.68 bits per heavy atom. The number of benzene rings is 3. The summed E-state index contributed by atoms with van der Waals surface area (Å²) in [5, 5.41) is 2.89. The number of anilines is 1. The van der Waals surface area contributed by atoms with Gasteiger partial charge in [-0.15, -0.1) is 0 Å². The Labute approximate surface area is 179 Å². The molecule has 31 heavy (non-hydrogen) atoms. The van der Waals surface area contributed by atoms with Crippen LogP contribution in [0, 0.1) is 0 Å². The molecule has 0 aliphatic heterocycles. The van der Waals surface area contributed by atoms with Gasteiger partial charge in [-0.1, -0.05) is 30.3 Å². The monoisotopic (exact) mass is 432 g/mol. The average Bonchev–Trinajstić information content (AvgIpc) is 3.60. The molecule has 1 fully saturated rings. The maximum atomic E-state index is 12.9. The smallest absolute Gasteiger partial charge is 0.271 e. The van der Waals surface area contributed by atoms with E-state index in [1.807, 2.05) is 42.5 Å². The van der Waals surface area contributed by atoms with Gasteiger partial charge in [-0.05, 0) is 60.0 Å². The molecular formula is C23H20N4O3S. The van der Waals surface area contributed by atoms with Gasteiger partial charge in [-0.25, -0.2) is 13.1 Å². The summed E-state index contributed by atoms with van der Waals surface area (Å²) >= 11 is 0. The number of fused-ring (bicyclic) bond motifs is 3. The number of rotatable bonds is 6. The molecule has 156 valence electrons. The first-order chi connectivity index (χ1) is 15.0. The van der Waals surface area contributed by atoms with E-state index in [9.17, 15) is 13.2 Å². The van der Waals surface area contributed by atoms with Gasteiger partial charge in [0.15, 0.2) is 0 Å². The van der Waals surface area contributed by atoms with Gasteiger partial charge in [-0.2, -0.15) is 0 Å². The lowest BCUT2D eigenvalue weighted by Crippen LogP contribution is -2.29. The summed E-state index contributed by atoms with van der Waals surface area (Å²) in [4.78, 5) is 17.5. The van der Waals surface area contributed by atoms with Crippen molar-refractivity contribution in [2.24, 2.45) is 0 Å². The second-order valence-corrected chi connectivity index (χ2v) is 9.26. The van der Waals surface area contributed by atoms with Crippen LogP contribution in [0.25, 0.3) is 21.7 Å². The van der Waals surface area contributed by atoms with Crippen LogP contribution in [-0.2, 0) is 10.0 Å². The van der Waals surface area contributed by atoms with Crippen LogP contribution in [0.4, 0.5) is 5.69 Å². The zero-order valence-electron chi connectivity index (χ0n) is 16.5. The molecule has 0 bridgehead atoms. The Morgan fingerprint density at radius 3 is 2.45 bits per heavy atom. The van der Waals surface area contributed by atoms with Crippen LogP contribution >= 0.6 is 0 Å². The molecule has 0 saturated heterocycles. The van der Waals surface area contributed by atoms with Gasteiger partial charge in [0.25, 0.3) is 5.91 Å². The highest BCUT2D eigenvalue weighted by Gasteiger charge is 2.27. The second-order valence-electron chi connectivity index (χ2n) is 7.54. The van der Waals surface area contributed by atoms with Crippen molar-refractivity contribution >= 4 is 43.3 Å². The van der Waals surface area contributed by atoms with Crippen molar-refractivity contribution in [1.82, 2.24) is 15.1 Å². The third-order valence-corrected chi connectivity index (χ3v) is 6.78. The predicted octanol–water partition coefficient (Wildman–Crippen LogP) is 3.59. The molecule has 1 amide bonds. The van der Waals surface area contributed by atoms with Crippen molar-refractivity contribution in [2.45, 2.75) is 23.8 Å². The van der Waals surface area contributed by atoms with E-state index in [1.54, 1.807) is 18.3 Å². The van der Waals surface area contributed by atoms with Gasteiger partial charge < -0.3 is 0 Å². The molecule has 1 saturated carbocycles. The number of amides is 1. The summed E-state index contributed by atoms with van der Waals surface area (Å²) in [6, 6.07) is 19.8. The fourth-order valence-corrected chi connectivity index (χ4v) is 4.81. The number of aromatic nitrogens is 1.